The minimum Gasteiger partial charge on any atom is -0.508 e. The number of hydrogen-bond acceptors (Lipinski definition) is 12. The van der Waals surface area contributed by atoms with Gasteiger partial charge in [0.05, 0.1) is 23.3 Å². The Morgan fingerprint density at radius 3 is 2.25 bits per heavy atom. The average Bonchev–Trinajstić information content (AvgIpc) is 3.10. The molecule has 0 radical (unpaired) electrons. The Labute approximate surface area is 315 Å². The number of nitrogens with zero attached hydrogens (tertiary/aromatic N) is 1. The summed E-state index contributed by atoms with van der Waals surface area (Å²) in [5.74, 6) is -1.50. The van der Waals surface area contributed by atoms with Gasteiger partial charge in [-0.15, -0.1) is 10.1 Å². The number of ether oxygens (including phenoxy) is 2. The summed E-state index contributed by atoms with van der Waals surface area (Å²) < 4.78 is 9.21. The molecule has 1 amide bonds. The Kier molecular flexibility index (Phi) is 13.4. The summed E-state index contributed by atoms with van der Waals surface area (Å²) in [6, 6.07) is 26.3. The van der Waals surface area contributed by atoms with E-state index < -0.39 is 33.7 Å². The van der Waals surface area contributed by atoms with E-state index in [-0.39, 0.29) is 53.9 Å². The third-order valence-electron chi connectivity index (χ3n) is 7.72. The summed E-state index contributed by atoms with van der Waals surface area (Å²) in [5.41, 5.74) is 2.19. The lowest BCUT2D eigenvalue weighted by molar-refractivity contribution is -0.757. The second-order valence-electron chi connectivity index (χ2n) is 12.2. The van der Waals surface area contributed by atoms with Crippen molar-refractivity contribution in [3.63, 3.8) is 0 Å². The van der Waals surface area contributed by atoms with Crippen LogP contribution in [0.2, 0.25) is 0 Å². The van der Waals surface area contributed by atoms with E-state index in [1.807, 2.05) is 48.5 Å². The third-order valence-corrected chi connectivity index (χ3v) is 32.8. The zero-order valence-electron chi connectivity index (χ0n) is 28.4. The number of carbonyl (C=O) groups is 3. The minimum atomic E-state index is -1.94. The Bertz CT molecular complexity index is 1970. The van der Waals surface area contributed by atoms with Crippen LogP contribution < -0.4 is 25.4 Å². The Hall–Kier alpha value is -3.93. The summed E-state index contributed by atoms with van der Waals surface area (Å²) in [7, 11) is 0. The predicted molar refractivity (Wildman–Crippen MR) is 211 cm³/mol. The number of nitrogens with one attached hydrogen (secondary N) is 1. The molecule has 52 heavy (non-hydrogen) atoms. The first kappa shape index (κ1) is 39.3. The fraction of sp³-hybridized carbons (Fsp3) is 0.250. The number of benzene rings is 4. The number of esters is 2. The van der Waals surface area contributed by atoms with Crippen LogP contribution in [-0.4, -0.2) is 34.6 Å². The maximum Gasteiger partial charge on any atom is 0.347 e. The number of phenols is 1. The molecule has 1 heterocycles. The first-order chi connectivity index (χ1) is 24.8. The van der Waals surface area contributed by atoms with Gasteiger partial charge in [-0.1, -0.05) is 71.9 Å². The highest BCUT2D eigenvalue weighted by molar-refractivity contribution is 9.43. The lowest BCUT2D eigenvalue weighted by Gasteiger charge is -2.37. The van der Waals surface area contributed by atoms with Crippen LogP contribution in [0.3, 0.4) is 0 Å². The van der Waals surface area contributed by atoms with Gasteiger partial charge in [0.15, 0.2) is 0 Å². The van der Waals surface area contributed by atoms with Gasteiger partial charge in [0.1, 0.15) is 22.8 Å². The van der Waals surface area contributed by atoms with E-state index in [1.54, 1.807) is 53.2 Å². The molecule has 0 aliphatic carbocycles. The number of carbonyl (C=O) groups excluding carboxylic acids is 3. The number of amides is 1. The third kappa shape index (κ3) is 10.6. The fourth-order valence-corrected chi connectivity index (χ4v) is 31.0. The van der Waals surface area contributed by atoms with Gasteiger partial charge < -0.3 is 24.7 Å². The number of aromatic hydroxyl groups is 1. The molecule has 1 aliphatic rings. The van der Waals surface area contributed by atoms with Gasteiger partial charge in [0.2, 0.25) is 5.91 Å². The van der Waals surface area contributed by atoms with Gasteiger partial charge in [-0.3, -0.25) is 9.59 Å². The smallest absolute Gasteiger partial charge is 0.347 e. The van der Waals surface area contributed by atoms with E-state index in [2.05, 4.69) is 24.0 Å². The molecule has 4 aromatic carbocycles. The van der Waals surface area contributed by atoms with Crippen LogP contribution in [0, 0.1) is 16.0 Å². The van der Waals surface area contributed by atoms with Crippen LogP contribution >= 0.6 is 32.8 Å². The molecule has 1 fully saturated rings. The summed E-state index contributed by atoms with van der Waals surface area (Å²) >= 11 is 9.55. The molecule has 0 spiro atoms. The molecular weight excluding hydrogens is 763 g/mol. The van der Waals surface area contributed by atoms with Crippen LogP contribution in [0.5, 0.6) is 17.2 Å². The topological polar surface area (TPSA) is 154 Å². The fourth-order valence-electron chi connectivity index (χ4n) is 5.02. The van der Waals surface area contributed by atoms with Crippen molar-refractivity contribution in [1.29, 1.82) is 0 Å². The summed E-state index contributed by atoms with van der Waals surface area (Å²) in [5, 5.41) is 24.0. The molecule has 5 rings (SSSR count). The Morgan fingerprint density at radius 1 is 0.942 bits per heavy atom. The Balaban J connectivity index is 1.28. The van der Waals surface area contributed by atoms with E-state index >= 15 is 0 Å². The second kappa shape index (κ2) is 17.7. The number of phenolic OH excluding ortho intramolecular Hbond substituents is 1. The molecule has 0 bridgehead atoms. The van der Waals surface area contributed by atoms with Crippen LogP contribution in [0.4, 0.5) is 5.69 Å². The Morgan fingerprint density at radius 2 is 1.62 bits per heavy atom. The molecule has 1 atom stereocenters. The van der Waals surface area contributed by atoms with Crippen LogP contribution in [0.25, 0.3) is 0 Å². The van der Waals surface area contributed by atoms with Crippen LogP contribution in [0.1, 0.15) is 61.0 Å². The standard InChI is InChI=1S/C36H36N2O9P2S3/c1-23(2)21-25-6-8-26(9-7-25)24(3)35(41)37-27-10-19-33(47-34(40)5-4-20-45-38(43)44)32(22-27)36(42)46-29-13-17-31(18-14-29)49(50)51-48(52-49)30-15-11-28(39)12-16-30/h6-19,22-24,39H,4-5,20-21H2,1-3H3,(H,37,41). The number of rotatable bonds is 15. The monoisotopic (exact) mass is 798 g/mol. The van der Waals surface area contributed by atoms with Crippen molar-refractivity contribution in [3.8, 4) is 17.2 Å². The molecule has 0 saturated carbocycles. The summed E-state index contributed by atoms with van der Waals surface area (Å²) in [4.78, 5) is 54.1. The van der Waals surface area contributed by atoms with Gasteiger partial charge in [-0.25, -0.2) is 4.79 Å². The normalized spacial score (nSPS) is 17.0. The number of hydrogen-bond donors (Lipinski definition) is 2. The highest BCUT2D eigenvalue weighted by atomic mass is 33.7. The second-order valence-corrected chi connectivity index (χ2v) is 28.9. The van der Waals surface area contributed by atoms with Crippen molar-refractivity contribution in [2.45, 2.75) is 46.0 Å². The molecule has 16 heteroatoms. The molecule has 1 aliphatic heterocycles. The predicted octanol–water partition coefficient (Wildman–Crippen LogP) is 8.50. The summed E-state index contributed by atoms with van der Waals surface area (Å²) in [6.07, 6.45) is 0.212. The summed E-state index contributed by atoms with van der Waals surface area (Å²) in [6.45, 7) is 5.79. The van der Waals surface area contributed by atoms with E-state index in [1.165, 1.54) is 23.8 Å². The molecule has 1 unspecified atom stereocenters. The van der Waals surface area contributed by atoms with Gasteiger partial charge >= 0.3 is 11.9 Å². The first-order valence-electron chi connectivity index (χ1n) is 16.2. The average molecular weight is 799 g/mol. The zero-order chi connectivity index (χ0) is 37.4. The molecule has 272 valence electrons. The molecule has 0 aromatic heterocycles. The minimum absolute atomic E-state index is 0.0246. The van der Waals surface area contributed by atoms with Crippen molar-refractivity contribution in [3.05, 3.63) is 118 Å². The van der Waals surface area contributed by atoms with Crippen LogP contribution in [0.15, 0.2) is 91.0 Å². The van der Waals surface area contributed by atoms with Crippen molar-refractivity contribution in [1.82, 2.24) is 0 Å². The first-order valence-corrected chi connectivity index (χ1v) is 24.4. The van der Waals surface area contributed by atoms with Crippen molar-refractivity contribution in [2.75, 3.05) is 11.9 Å². The van der Waals surface area contributed by atoms with Crippen molar-refractivity contribution < 1.29 is 38.9 Å². The maximum absolute atomic E-state index is 13.6. The molecule has 1 saturated heterocycles. The van der Waals surface area contributed by atoms with E-state index in [0.29, 0.717) is 5.92 Å². The molecular formula is C36H36N2O9P2S3. The van der Waals surface area contributed by atoms with Gasteiger partial charge in [-0.05, 0) is 109 Å². The van der Waals surface area contributed by atoms with Crippen molar-refractivity contribution in [2.24, 2.45) is 5.92 Å². The van der Waals surface area contributed by atoms with Gasteiger partial charge in [0, 0.05) is 17.4 Å². The van der Waals surface area contributed by atoms with Crippen LogP contribution in [-0.2, 0) is 32.7 Å². The molecule has 4 aromatic rings. The highest BCUT2D eigenvalue weighted by Gasteiger charge is 2.40. The zero-order valence-corrected chi connectivity index (χ0v) is 32.7. The number of anilines is 1. The van der Waals surface area contributed by atoms with Gasteiger partial charge in [0.25, 0.3) is 5.09 Å². The van der Waals surface area contributed by atoms with E-state index in [4.69, 9.17) is 21.3 Å². The maximum atomic E-state index is 13.6. The molecule has 11 nitrogen and oxygen atoms in total. The SMILES string of the molecule is CC(C)Cc1ccc(C(C)C(=O)Nc2ccc(OC(=O)CCCO[N+](=O)[O-])c(C(=O)Oc3ccc(P4(=S)SP(c5ccc(O)cc5)S4)cc3)c2)cc1. The van der Waals surface area contributed by atoms with Crippen molar-refractivity contribution >= 4 is 78.7 Å². The lowest BCUT2D eigenvalue weighted by atomic mass is 9.96. The quantitative estimate of drug-likeness (QED) is 0.0296. The molecule has 2 N–H and O–H groups in total. The largest absolute Gasteiger partial charge is 0.508 e. The lowest BCUT2D eigenvalue weighted by Crippen LogP contribution is -2.20. The van der Waals surface area contributed by atoms with E-state index in [0.717, 1.165) is 22.6 Å². The highest BCUT2D eigenvalue weighted by Crippen LogP contribution is 2.99. The van der Waals surface area contributed by atoms with E-state index in [9.17, 15) is 29.6 Å². The van der Waals surface area contributed by atoms with Gasteiger partial charge in [-0.2, -0.15) is 0 Å².